The van der Waals surface area contributed by atoms with Gasteiger partial charge in [-0.3, -0.25) is 9.79 Å². The minimum Gasteiger partial charge on any atom is -0.370 e. The van der Waals surface area contributed by atoms with Crippen molar-refractivity contribution >= 4 is 41.5 Å². The summed E-state index contributed by atoms with van der Waals surface area (Å²) in [6, 6.07) is 6.72. The van der Waals surface area contributed by atoms with Crippen LogP contribution in [-0.4, -0.2) is 24.5 Å². The Kier molecular flexibility index (Phi) is 9.10. The molecule has 0 aliphatic heterocycles. The van der Waals surface area contributed by atoms with E-state index in [0.717, 1.165) is 37.8 Å². The predicted molar refractivity (Wildman–Crippen MR) is 111 cm³/mol. The molecule has 134 valence electrons. The maximum Gasteiger partial charge on any atom is 0.220 e. The van der Waals surface area contributed by atoms with Crippen molar-refractivity contribution in [3.05, 3.63) is 29.3 Å². The van der Waals surface area contributed by atoms with E-state index >= 15 is 0 Å². The molecule has 1 aliphatic rings. The molecule has 0 bridgehead atoms. The van der Waals surface area contributed by atoms with Gasteiger partial charge in [-0.25, -0.2) is 0 Å². The molecule has 1 saturated carbocycles. The van der Waals surface area contributed by atoms with Crippen molar-refractivity contribution in [3.63, 3.8) is 0 Å². The van der Waals surface area contributed by atoms with Gasteiger partial charge >= 0.3 is 0 Å². The van der Waals surface area contributed by atoms with E-state index in [-0.39, 0.29) is 29.9 Å². The molecule has 0 heterocycles. The largest absolute Gasteiger partial charge is 0.370 e. The van der Waals surface area contributed by atoms with E-state index in [1.165, 1.54) is 11.1 Å². The van der Waals surface area contributed by atoms with Gasteiger partial charge in [0.05, 0.1) is 0 Å². The number of carbonyl (C=O) groups excluding carboxylic acids is 1. The van der Waals surface area contributed by atoms with Crippen molar-refractivity contribution < 1.29 is 4.79 Å². The third kappa shape index (κ3) is 6.67. The van der Waals surface area contributed by atoms with Gasteiger partial charge < -0.3 is 16.4 Å². The third-order valence-electron chi connectivity index (χ3n) is 4.04. The highest BCUT2D eigenvalue weighted by Gasteiger charge is 2.22. The summed E-state index contributed by atoms with van der Waals surface area (Å²) in [6.07, 6.45) is 5.38. The van der Waals surface area contributed by atoms with Crippen LogP contribution in [0.25, 0.3) is 0 Å². The molecular weight excluding hydrogens is 415 g/mol. The van der Waals surface area contributed by atoms with E-state index in [1.54, 1.807) is 0 Å². The van der Waals surface area contributed by atoms with Gasteiger partial charge in [0.25, 0.3) is 0 Å². The molecule has 2 rings (SSSR count). The van der Waals surface area contributed by atoms with Crippen molar-refractivity contribution in [2.45, 2.75) is 58.4 Å². The van der Waals surface area contributed by atoms with E-state index in [2.05, 4.69) is 47.7 Å². The van der Waals surface area contributed by atoms with E-state index in [4.69, 9.17) is 5.73 Å². The van der Waals surface area contributed by atoms with E-state index in [1.807, 2.05) is 0 Å². The minimum absolute atomic E-state index is 0. The second-order valence-corrected chi connectivity index (χ2v) is 6.00. The van der Waals surface area contributed by atoms with Gasteiger partial charge in [-0.15, -0.1) is 24.0 Å². The highest BCUT2D eigenvalue weighted by Crippen LogP contribution is 2.22. The van der Waals surface area contributed by atoms with Gasteiger partial charge in [0, 0.05) is 24.7 Å². The summed E-state index contributed by atoms with van der Waals surface area (Å²) in [5, 5.41) is 6.22. The summed E-state index contributed by atoms with van der Waals surface area (Å²) in [5.74, 6) is 0.544. The van der Waals surface area contributed by atoms with Gasteiger partial charge in [0.1, 0.15) is 0 Å². The van der Waals surface area contributed by atoms with Crippen LogP contribution in [0.5, 0.6) is 0 Å². The highest BCUT2D eigenvalue weighted by molar-refractivity contribution is 14.0. The monoisotopic (exact) mass is 444 g/mol. The van der Waals surface area contributed by atoms with Crippen LogP contribution in [-0.2, 0) is 17.6 Å². The van der Waals surface area contributed by atoms with Crippen LogP contribution in [0.4, 0.5) is 5.69 Å². The number of nitrogens with one attached hydrogen (secondary N) is 2. The van der Waals surface area contributed by atoms with Crippen LogP contribution in [0.1, 0.15) is 50.7 Å². The zero-order valence-corrected chi connectivity index (χ0v) is 16.9. The van der Waals surface area contributed by atoms with Crippen molar-refractivity contribution in [1.29, 1.82) is 0 Å². The van der Waals surface area contributed by atoms with Gasteiger partial charge in [-0.05, 0) is 43.2 Å². The first-order valence-corrected chi connectivity index (χ1v) is 8.61. The fraction of sp³-hybridized carbons (Fsp3) is 0.556. The molecule has 24 heavy (non-hydrogen) atoms. The van der Waals surface area contributed by atoms with Crippen molar-refractivity contribution in [2.75, 3.05) is 11.9 Å². The van der Waals surface area contributed by atoms with E-state index in [0.29, 0.717) is 25.0 Å². The lowest BCUT2D eigenvalue weighted by molar-refractivity contribution is -0.121. The van der Waals surface area contributed by atoms with Crippen LogP contribution in [0.3, 0.4) is 0 Å². The average molecular weight is 444 g/mol. The molecule has 1 amide bonds. The first-order chi connectivity index (χ1) is 11.1. The number of halogens is 1. The summed E-state index contributed by atoms with van der Waals surface area (Å²) in [4.78, 5) is 15.9. The van der Waals surface area contributed by atoms with Gasteiger partial charge in [-0.1, -0.05) is 32.0 Å². The van der Waals surface area contributed by atoms with E-state index < -0.39 is 0 Å². The fourth-order valence-electron chi connectivity index (χ4n) is 2.54. The molecule has 6 heteroatoms. The molecule has 5 nitrogen and oxygen atoms in total. The Balaban J connectivity index is 0.00000288. The van der Waals surface area contributed by atoms with Gasteiger partial charge in [-0.2, -0.15) is 0 Å². The number of aryl methyl sites for hydroxylation is 2. The summed E-state index contributed by atoms with van der Waals surface area (Å²) < 4.78 is 0. The van der Waals surface area contributed by atoms with Crippen LogP contribution in [0.2, 0.25) is 0 Å². The Morgan fingerprint density at radius 1 is 1.25 bits per heavy atom. The molecule has 0 atom stereocenters. The fourth-order valence-corrected chi connectivity index (χ4v) is 2.54. The smallest absolute Gasteiger partial charge is 0.220 e. The Labute approximate surface area is 161 Å². The SMILES string of the molecule is CCc1cccc(CC)c1NC(N)=NCCCC(=O)NC1CC1.I. The quantitative estimate of drug-likeness (QED) is 0.249. The Morgan fingerprint density at radius 2 is 1.88 bits per heavy atom. The molecule has 0 aromatic heterocycles. The summed E-state index contributed by atoms with van der Waals surface area (Å²) in [6.45, 7) is 4.82. The number of rotatable bonds is 8. The molecular formula is C18H29IN4O. The summed E-state index contributed by atoms with van der Waals surface area (Å²) in [5.41, 5.74) is 9.56. The predicted octanol–water partition coefficient (Wildman–Crippen LogP) is 3.21. The number of guanidine groups is 1. The zero-order valence-electron chi connectivity index (χ0n) is 14.6. The first-order valence-electron chi connectivity index (χ1n) is 8.61. The van der Waals surface area contributed by atoms with Crippen molar-refractivity contribution in [2.24, 2.45) is 10.7 Å². The number of nitrogens with two attached hydrogens (primary N) is 1. The topological polar surface area (TPSA) is 79.5 Å². The number of hydrogen-bond donors (Lipinski definition) is 3. The normalized spacial score (nSPS) is 14.0. The lowest BCUT2D eigenvalue weighted by atomic mass is 10.0. The molecule has 0 saturated heterocycles. The van der Waals surface area contributed by atoms with Gasteiger partial charge in [0.15, 0.2) is 5.96 Å². The summed E-state index contributed by atoms with van der Waals surface area (Å²) >= 11 is 0. The maximum absolute atomic E-state index is 11.6. The number of nitrogens with zero attached hydrogens (tertiary/aromatic N) is 1. The zero-order chi connectivity index (χ0) is 16.7. The molecule has 1 aliphatic carbocycles. The molecule has 0 unspecified atom stereocenters. The lowest BCUT2D eigenvalue weighted by Gasteiger charge is -2.14. The number of anilines is 1. The number of para-hydroxylation sites is 1. The number of carbonyl (C=O) groups is 1. The first kappa shape index (κ1) is 20.7. The molecule has 1 aromatic rings. The van der Waals surface area contributed by atoms with Crippen LogP contribution in [0, 0.1) is 0 Å². The lowest BCUT2D eigenvalue weighted by Crippen LogP contribution is -2.26. The third-order valence-corrected chi connectivity index (χ3v) is 4.04. The standard InChI is InChI=1S/C18H28N4O.HI/c1-3-13-7-5-8-14(4-2)17(13)22-18(19)20-12-6-9-16(23)21-15-10-11-15;/h5,7-8,15H,3-4,6,9-12H2,1-2H3,(H,21,23)(H3,19,20,22);1H. The number of aliphatic imine (C=N–C) groups is 1. The van der Waals surface area contributed by atoms with Crippen molar-refractivity contribution in [3.8, 4) is 0 Å². The molecule has 0 spiro atoms. The average Bonchev–Trinajstić information content (AvgIpc) is 3.35. The second-order valence-electron chi connectivity index (χ2n) is 6.00. The van der Waals surface area contributed by atoms with Crippen molar-refractivity contribution in [1.82, 2.24) is 5.32 Å². The molecule has 0 radical (unpaired) electrons. The van der Waals surface area contributed by atoms with Gasteiger partial charge in [0.2, 0.25) is 5.91 Å². The Hall–Kier alpha value is -1.31. The Bertz CT molecular complexity index is 548. The van der Waals surface area contributed by atoms with Crippen LogP contribution < -0.4 is 16.4 Å². The van der Waals surface area contributed by atoms with Crippen LogP contribution in [0.15, 0.2) is 23.2 Å². The molecule has 1 aromatic carbocycles. The number of hydrogen-bond acceptors (Lipinski definition) is 2. The number of benzene rings is 1. The number of amides is 1. The van der Waals surface area contributed by atoms with E-state index in [9.17, 15) is 4.79 Å². The summed E-state index contributed by atoms with van der Waals surface area (Å²) in [7, 11) is 0. The van der Waals surface area contributed by atoms with Crippen LogP contribution >= 0.6 is 24.0 Å². The molecule has 4 N–H and O–H groups in total. The minimum atomic E-state index is 0. The molecule has 1 fully saturated rings. The Morgan fingerprint density at radius 3 is 2.42 bits per heavy atom. The highest BCUT2D eigenvalue weighted by atomic mass is 127. The second kappa shape index (κ2) is 10.5. The maximum atomic E-state index is 11.6.